The topological polar surface area (TPSA) is 37.3 Å². The molecule has 4 heteroatoms. The van der Waals surface area contributed by atoms with Gasteiger partial charge in [0, 0.05) is 9.37 Å². The largest absolute Gasteiger partial charge is 0.480 e. The summed E-state index contributed by atoms with van der Waals surface area (Å²) in [7, 11) is 0. The molecule has 0 saturated heterocycles. The van der Waals surface area contributed by atoms with E-state index in [4.69, 9.17) is 0 Å². The molecule has 1 atom stereocenters. The number of carbonyl (C=O) groups is 1. The fourth-order valence-corrected chi connectivity index (χ4v) is 3.13. The van der Waals surface area contributed by atoms with Crippen LogP contribution in [0.3, 0.4) is 0 Å². The molecule has 2 nitrogen and oxygen atoms in total. The van der Waals surface area contributed by atoms with Gasteiger partial charge in [0.05, 0.1) is 0 Å². The number of thioether (sulfide) groups is 1. The summed E-state index contributed by atoms with van der Waals surface area (Å²) in [4.78, 5) is 12.3. The second kappa shape index (κ2) is 6.07. The Morgan fingerprint density at radius 2 is 1.83 bits per heavy atom. The molecular formula is C14H11BrO2S. The fourth-order valence-electron chi connectivity index (χ4n) is 1.57. The molecule has 0 radical (unpaired) electrons. The van der Waals surface area contributed by atoms with Gasteiger partial charge in [0.2, 0.25) is 0 Å². The zero-order chi connectivity index (χ0) is 13.0. The molecule has 0 fully saturated rings. The first-order chi connectivity index (χ1) is 8.66. The highest BCUT2D eigenvalue weighted by Crippen LogP contribution is 2.36. The highest BCUT2D eigenvalue weighted by Gasteiger charge is 2.20. The van der Waals surface area contributed by atoms with Crippen molar-refractivity contribution in [2.45, 2.75) is 10.1 Å². The van der Waals surface area contributed by atoms with Crippen molar-refractivity contribution in [2.75, 3.05) is 0 Å². The van der Waals surface area contributed by atoms with Gasteiger partial charge in [0.15, 0.2) is 0 Å². The van der Waals surface area contributed by atoms with Crippen molar-refractivity contribution >= 4 is 33.7 Å². The zero-order valence-electron chi connectivity index (χ0n) is 9.42. The summed E-state index contributed by atoms with van der Waals surface area (Å²) in [5, 5.41) is 8.74. The van der Waals surface area contributed by atoms with Gasteiger partial charge in [0.25, 0.3) is 0 Å². The molecule has 2 aromatic rings. The lowest BCUT2D eigenvalue weighted by Gasteiger charge is -2.12. The molecule has 92 valence electrons. The third-order valence-electron chi connectivity index (χ3n) is 2.38. The molecule has 1 unspecified atom stereocenters. The quantitative estimate of drug-likeness (QED) is 0.849. The Morgan fingerprint density at radius 3 is 2.44 bits per heavy atom. The van der Waals surface area contributed by atoms with Crippen LogP contribution in [0.4, 0.5) is 0 Å². The summed E-state index contributed by atoms with van der Waals surface area (Å²) in [6, 6.07) is 16.9. The van der Waals surface area contributed by atoms with Gasteiger partial charge in [0.1, 0.15) is 5.25 Å². The van der Waals surface area contributed by atoms with Gasteiger partial charge >= 0.3 is 5.97 Å². The Labute approximate surface area is 118 Å². The number of carboxylic acid groups (broad SMARTS) is 1. The SMILES string of the molecule is O=C(O)C(Sc1cccc(Br)c1)c1ccccc1. The van der Waals surface area contributed by atoms with Gasteiger partial charge in [-0.15, -0.1) is 11.8 Å². The monoisotopic (exact) mass is 322 g/mol. The Bertz CT molecular complexity index is 543. The fraction of sp³-hybridized carbons (Fsp3) is 0.0714. The van der Waals surface area contributed by atoms with Crippen LogP contribution in [-0.2, 0) is 4.79 Å². The van der Waals surface area contributed by atoms with E-state index in [9.17, 15) is 9.90 Å². The van der Waals surface area contributed by atoms with Crippen molar-refractivity contribution in [3.8, 4) is 0 Å². The molecule has 0 aliphatic rings. The van der Waals surface area contributed by atoms with E-state index >= 15 is 0 Å². The van der Waals surface area contributed by atoms with Gasteiger partial charge in [-0.05, 0) is 23.8 Å². The van der Waals surface area contributed by atoms with E-state index < -0.39 is 11.2 Å². The summed E-state index contributed by atoms with van der Waals surface area (Å²) in [6.45, 7) is 0. The molecule has 18 heavy (non-hydrogen) atoms. The standard InChI is InChI=1S/C14H11BrO2S/c15-11-7-4-8-12(9-11)18-13(14(16)17)10-5-2-1-3-6-10/h1-9,13H,(H,16,17). The maximum absolute atomic E-state index is 11.4. The van der Waals surface area contributed by atoms with E-state index in [0.717, 1.165) is 14.9 Å². The maximum atomic E-state index is 11.4. The van der Waals surface area contributed by atoms with Crippen LogP contribution in [0, 0.1) is 0 Å². The number of rotatable bonds is 4. The molecule has 0 saturated carbocycles. The second-order valence-corrected chi connectivity index (χ2v) is 5.80. The summed E-state index contributed by atoms with van der Waals surface area (Å²) in [5.41, 5.74) is 0.801. The molecule has 2 rings (SSSR count). The van der Waals surface area contributed by atoms with Crippen LogP contribution < -0.4 is 0 Å². The molecule has 2 aromatic carbocycles. The average molecular weight is 323 g/mol. The predicted octanol–water partition coefficient (Wildman–Crippen LogP) is 4.37. The van der Waals surface area contributed by atoms with Crippen LogP contribution in [0.5, 0.6) is 0 Å². The van der Waals surface area contributed by atoms with Gasteiger partial charge in [-0.1, -0.05) is 52.3 Å². The van der Waals surface area contributed by atoms with Crippen LogP contribution in [0.1, 0.15) is 10.8 Å². The molecule has 0 bridgehead atoms. The van der Waals surface area contributed by atoms with E-state index in [1.165, 1.54) is 11.8 Å². The number of benzene rings is 2. The Hall–Kier alpha value is -1.26. The Kier molecular flexibility index (Phi) is 4.44. The third-order valence-corrected chi connectivity index (χ3v) is 4.11. The second-order valence-electron chi connectivity index (χ2n) is 3.70. The number of hydrogen-bond acceptors (Lipinski definition) is 2. The summed E-state index contributed by atoms with van der Waals surface area (Å²) < 4.78 is 0.949. The lowest BCUT2D eigenvalue weighted by atomic mass is 10.1. The molecule has 0 amide bonds. The van der Waals surface area contributed by atoms with Crippen molar-refractivity contribution in [1.29, 1.82) is 0 Å². The van der Waals surface area contributed by atoms with Crippen LogP contribution in [0.2, 0.25) is 0 Å². The molecule has 1 N–H and O–H groups in total. The lowest BCUT2D eigenvalue weighted by Crippen LogP contribution is -2.07. The van der Waals surface area contributed by atoms with Crippen LogP contribution in [0.25, 0.3) is 0 Å². The summed E-state index contributed by atoms with van der Waals surface area (Å²) in [6.07, 6.45) is 0. The van der Waals surface area contributed by atoms with Gasteiger partial charge in [-0.3, -0.25) is 4.79 Å². The lowest BCUT2D eigenvalue weighted by molar-refractivity contribution is -0.136. The van der Waals surface area contributed by atoms with E-state index in [2.05, 4.69) is 15.9 Å². The minimum absolute atomic E-state index is 0.583. The van der Waals surface area contributed by atoms with E-state index in [-0.39, 0.29) is 0 Å². The smallest absolute Gasteiger partial charge is 0.321 e. The van der Waals surface area contributed by atoms with Gasteiger partial charge < -0.3 is 5.11 Å². The summed E-state index contributed by atoms with van der Waals surface area (Å²) >= 11 is 4.72. The molecular weight excluding hydrogens is 312 g/mol. The first kappa shape index (κ1) is 13.2. The van der Waals surface area contributed by atoms with Gasteiger partial charge in [-0.2, -0.15) is 0 Å². The minimum Gasteiger partial charge on any atom is -0.480 e. The van der Waals surface area contributed by atoms with Crippen LogP contribution in [0.15, 0.2) is 64.0 Å². The van der Waals surface area contributed by atoms with Crippen molar-refractivity contribution in [3.63, 3.8) is 0 Å². The molecule has 0 aliphatic heterocycles. The van der Waals surface area contributed by atoms with Crippen molar-refractivity contribution in [3.05, 3.63) is 64.6 Å². The van der Waals surface area contributed by atoms with Gasteiger partial charge in [-0.25, -0.2) is 0 Å². The normalized spacial score (nSPS) is 12.1. The van der Waals surface area contributed by atoms with Crippen LogP contribution in [-0.4, -0.2) is 11.1 Å². The predicted molar refractivity (Wildman–Crippen MR) is 76.8 cm³/mol. The first-order valence-electron chi connectivity index (χ1n) is 5.37. The average Bonchev–Trinajstić information content (AvgIpc) is 2.37. The molecule has 0 aliphatic carbocycles. The van der Waals surface area contributed by atoms with E-state index in [1.807, 2.05) is 54.6 Å². The number of halogens is 1. The highest BCUT2D eigenvalue weighted by atomic mass is 79.9. The molecule has 0 spiro atoms. The highest BCUT2D eigenvalue weighted by molar-refractivity contribution is 9.10. The number of hydrogen-bond donors (Lipinski definition) is 1. The summed E-state index contributed by atoms with van der Waals surface area (Å²) in [5.74, 6) is -0.828. The Balaban J connectivity index is 2.25. The van der Waals surface area contributed by atoms with E-state index in [0.29, 0.717) is 0 Å². The first-order valence-corrected chi connectivity index (χ1v) is 7.04. The molecule has 0 heterocycles. The third kappa shape index (κ3) is 3.37. The van der Waals surface area contributed by atoms with Crippen molar-refractivity contribution in [1.82, 2.24) is 0 Å². The minimum atomic E-state index is -0.828. The van der Waals surface area contributed by atoms with Crippen molar-refractivity contribution in [2.24, 2.45) is 0 Å². The number of carboxylic acids is 1. The zero-order valence-corrected chi connectivity index (χ0v) is 11.8. The maximum Gasteiger partial charge on any atom is 0.321 e. The molecule has 0 aromatic heterocycles. The van der Waals surface area contributed by atoms with E-state index in [1.54, 1.807) is 0 Å². The van der Waals surface area contributed by atoms with Crippen molar-refractivity contribution < 1.29 is 9.90 Å². The van der Waals surface area contributed by atoms with Crippen LogP contribution >= 0.6 is 27.7 Å². The Morgan fingerprint density at radius 1 is 1.11 bits per heavy atom. The number of aliphatic carboxylic acids is 1.